The minimum atomic E-state index is 0.874. The van der Waals surface area contributed by atoms with Crippen LogP contribution < -0.4 is 5.32 Å². The van der Waals surface area contributed by atoms with Gasteiger partial charge in [0, 0.05) is 32.7 Å². The van der Waals surface area contributed by atoms with Crippen LogP contribution in [0, 0.1) is 11.8 Å². The molecule has 2 heteroatoms. The van der Waals surface area contributed by atoms with Gasteiger partial charge in [-0.25, -0.2) is 0 Å². The fraction of sp³-hybridized carbons (Fsp3) is 0.818. The third-order valence-corrected chi connectivity index (χ3v) is 2.96. The molecule has 13 heavy (non-hydrogen) atoms. The number of likely N-dealkylation sites (tertiary alicyclic amines) is 1. The lowest BCUT2D eigenvalue weighted by molar-refractivity contribution is 0.323. The maximum atomic E-state index is 3.68. The maximum absolute atomic E-state index is 3.68. The lowest BCUT2D eigenvalue weighted by atomic mass is 10.0. The van der Waals surface area contributed by atoms with Crippen molar-refractivity contribution in [1.82, 2.24) is 10.2 Å². The van der Waals surface area contributed by atoms with Crippen molar-refractivity contribution in [3.05, 3.63) is 12.7 Å². The van der Waals surface area contributed by atoms with Gasteiger partial charge in [-0.1, -0.05) is 19.9 Å². The molecule has 1 N–H and O–H groups in total. The highest BCUT2D eigenvalue weighted by molar-refractivity contribution is 4.79. The van der Waals surface area contributed by atoms with Crippen LogP contribution in [0.1, 0.15) is 13.8 Å². The van der Waals surface area contributed by atoms with Gasteiger partial charge in [0.2, 0.25) is 0 Å². The van der Waals surface area contributed by atoms with Crippen molar-refractivity contribution in [2.24, 2.45) is 11.8 Å². The van der Waals surface area contributed by atoms with E-state index in [0.717, 1.165) is 24.9 Å². The molecule has 0 aromatic heterocycles. The van der Waals surface area contributed by atoms with Gasteiger partial charge in [-0.15, -0.1) is 6.58 Å². The van der Waals surface area contributed by atoms with Gasteiger partial charge in [-0.3, -0.25) is 0 Å². The number of nitrogens with one attached hydrogen (secondary N) is 1. The summed E-state index contributed by atoms with van der Waals surface area (Å²) in [6.07, 6.45) is 1.91. The zero-order valence-electron chi connectivity index (χ0n) is 8.92. The van der Waals surface area contributed by atoms with Gasteiger partial charge in [0.25, 0.3) is 0 Å². The molecule has 0 bridgehead atoms. The molecule has 2 atom stereocenters. The van der Waals surface area contributed by atoms with Crippen LogP contribution in [0.3, 0.4) is 0 Å². The second-order valence-corrected chi connectivity index (χ2v) is 4.21. The molecule has 0 aromatic rings. The van der Waals surface area contributed by atoms with Crippen molar-refractivity contribution in [3.63, 3.8) is 0 Å². The normalized spacial score (nSPS) is 29.4. The smallest absolute Gasteiger partial charge is 0.0132 e. The summed E-state index contributed by atoms with van der Waals surface area (Å²) in [7, 11) is 0. The van der Waals surface area contributed by atoms with Crippen molar-refractivity contribution in [1.29, 1.82) is 0 Å². The Morgan fingerprint density at radius 3 is 2.54 bits per heavy atom. The molecule has 0 spiro atoms. The molecule has 1 fully saturated rings. The predicted molar refractivity (Wildman–Crippen MR) is 57.8 cm³/mol. The van der Waals surface area contributed by atoms with E-state index in [9.17, 15) is 0 Å². The molecule has 0 amide bonds. The summed E-state index contributed by atoms with van der Waals surface area (Å²) in [5, 5.41) is 3.33. The fourth-order valence-corrected chi connectivity index (χ4v) is 1.87. The van der Waals surface area contributed by atoms with Crippen molar-refractivity contribution in [3.8, 4) is 0 Å². The molecule has 0 saturated carbocycles. The first-order valence-corrected chi connectivity index (χ1v) is 5.28. The minimum Gasteiger partial charge on any atom is -0.312 e. The van der Waals surface area contributed by atoms with Gasteiger partial charge in [0.15, 0.2) is 0 Å². The molecule has 1 aliphatic heterocycles. The van der Waals surface area contributed by atoms with E-state index in [0.29, 0.717) is 0 Å². The Morgan fingerprint density at radius 2 is 2.00 bits per heavy atom. The van der Waals surface area contributed by atoms with Crippen LogP contribution in [0.5, 0.6) is 0 Å². The number of rotatable bonds is 5. The third-order valence-electron chi connectivity index (χ3n) is 2.96. The Labute approximate surface area is 82.0 Å². The quantitative estimate of drug-likeness (QED) is 0.510. The van der Waals surface area contributed by atoms with E-state index in [-0.39, 0.29) is 0 Å². The van der Waals surface area contributed by atoms with Gasteiger partial charge in [-0.2, -0.15) is 0 Å². The van der Waals surface area contributed by atoms with E-state index < -0.39 is 0 Å². The molecular formula is C11H22N2. The van der Waals surface area contributed by atoms with E-state index in [1.165, 1.54) is 19.6 Å². The van der Waals surface area contributed by atoms with Crippen LogP contribution in [0.2, 0.25) is 0 Å². The first-order chi connectivity index (χ1) is 6.24. The Kier molecular flexibility index (Phi) is 4.46. The molecule has 76 valence electrons. The van der Waals surface area contributed by atoms with Gasteiger partial charge < -0.3 is 10.2 Å². The maximum Gasteiger partial charge on any atom is 0.0132 e. The van der Waals surface area contributed by atoms with E-state index >= 15 is 0 Å². The molecule has 1 heterocycles. The summed E-state index contributed by atoms with van der Waals surface area (Å²) >= 11 is 0. The Bertz CT molecular complexity index is 146. The second-order valence-electron chi connectivity index (χ2n) is 4.21. The van der Waals surface area contributed by atoms with Crippen LogP contribution in [0.4, 0.5) is 0 Å². The minimum absolute atomic E-state index is 0.874. The van der Waals surface area contributed by atoms with Crippen molar-refractivity contribution < 1.29 is 0 Å². The standard InChI is InChI=1S/C11H22N2/c1-4-5-12-6-7-13-8-10(2)11(3)9-13/h4,10-12H,1,5-9H2,2-3H3. The molecule has 0 radical (unpaired) electrons. The van der Waals surface area contributed by atoms with Gasteiger partial charge in [0.1, 0.15) is 0 Å². The van der Waals surface area contributed by atoms with E-state index in [1.807, 2.05) is 6.08 Å². The number of hydrogen-bond donors (Lipinski definition) is 1. The highest BCUT2D eigenvalue weighted by atomic mass is 15.2. The Hall–Kier alpha value is -0.340. The van der Waals surface area contributed by atoms with Gasteiger partial charge in [-0.05, 0) is 11.8 Å². The Balaban J connectivity index is 2.06. The van der Waals surface area contributed by atoms with Crippen LogP contribution in [0.15, 0.2) is 12.7 Å². The van der Waals surface area contributed by atoms with Crippen molar-refractivity contribution >= 4 is 0 Å². The third kappa shape index (κ3) is 3.49. The average molecular weight is 182 g/mol. The van der Waals surface area contributed by atoms with Crippen LogP contribution in [0.25, 0.3) is 0 Å². The average Bonchev–Trinajstić information content (AvgIpc) is 2.41. The summed E-state index contributed by atoms with van der Waals surface area (Å²) in [5.41, 5.74) is 0. The molecular weight excluding hydrogens is 160 g/mol. The first-order valence-electron chi connectivity index (χ1n) is 5.28. The van der Waals surface area contributed by atoms with Gasteiger partial charge in [0.05, 0.1) is 0 Å². The summed E-state index contributed by atoms with van der Waals surface area (Å²) in [5.74, 6) is 1.75. The van der Waals surface area contributed by atoms with E-state index in [2.05, 4.69) is 30.6 Å². The zero-order valence-corrected chi connectivity index (χ0v) is 8.92. The molecule has 1 saturated heterocycles. The van der Waals surface area contributed by atoms with E-state index in [4.69, 9.17) is 0 Å². The van der Waals surface area contributed by atoms with E-state index in [1.54, 1.807) is 0 Å². The molecule has 1 aliphatic rings. The predicted octanol–water partition coefficient (Wildman–Crippen LogP) is 1.35. The largest absolute Gasteiger partial charge is 0.312 e. The number of hydrogen-bond acceptors (Lipinski definition) is 2. The highest BCUT2D eigenvalue weighted by Crippen LogP contribution is 2.21. The zero-order chi connectivity index (χ0) is 9.68. The molecule has 2 unspecified atom stereocenters. The lowest BCUT2D eigenvalue weighted by Gasteiger charge is -2.14. The van der Waals surface area contributed by atoms with Crippen LogP contribution >= 0.6 is 0 Å². The lowest BCUT2D eigenvalue weighted by Crippen LogP contribution is -2.30. The monoisotopic (exact) mass is 182 g/mol. The summed E-state index contributed by atoms with van der Waals surface area (Å²) < 4.78 is 0. The Morgan fingerprint density at radius 1 is 1.38 bits per heavy atom. The van der Waals surface area contributed by atoms with Crippen LogP contribution in [-0.2, 0) is 0 Å². The first kappa shape index (κ1) is 10.7. The summed E-state index contributed by atoms with van der Waals surface area (Å²) in [6.45, 7) is 14.1. The molecule has 2 nitrogen and oxygen atoms in total. The van der Waals surface area contributed by atoms with Gasteiger partial charge >= 0.3 is 0 Å². The fourth-order valence-electron chi connectivity index (χ4n) is 1.87. The summed E-state index contributed by atoms with van der Waals surface area (Å²) in [4.78, 5) is 2.55. The van der Waals surface area contributed by atoms with Crippen molar-refractivity contribution in [2.75, 3.05) is 32.7 Å². The number of nitrogens with zero attached hydrogens (tertiary/aromatic N) is 1. The van der Waals surface area contributed by atoms with Crippen molar-refractivity contribution in [2.45, 2.75) is 13.8 Å². The summed E-state index contributed by atoms with van der Waals surface area (Å²) in [6, 6.07) is 0. The van der Waals surface area contributed by atoms with Crippen LogP contribution in [-0.4, -0.2) is 37.6 Å². The molecule has 0 aliphatic carbocycles. The highest BCUT2D eigenvalue weighted by Gasteiger charge is 2.24. The molecule has 1 rings (SSSR count). The SMILES string of the molecule is C=CCNCCN1CC(C)C(C)C1. The molecule has 0 aromatic carbocycles. The topological polar surface area (TPSA) is 15.3 Å². The second kappa shape index (κ2) is 5.40.